The first-order chi connectivity index (χ1) is 7.79. The number of aryl methyl sites for hydroxylation is 1. The van der Waals surface area contributed by atoms with Crippen LogP contribution in [-0.4, -0.2) is 31.6 Å². The summed E-state index contributed by atoms with van der Waals surface area (Å²) in [5, 5.41) is 3.43. The van der Waals surface area contributed by atoms with E-state index in [1.54, 1.807) is 0 Å². The lowest BCUT2D eigenvalue weighted by molar-refractivity contribution is 0.299. The highest BCUT2D eigenvalue weighted by Crippen LogP contribution is 2.18. The van der Waals surface area contributed by atoms with Crippen molar-refractivity contribution in [3.8, 4) is 0 Å². The van der Waals surface area contributed by atoms with Gasteiger partial charge in [0.15, 0.2) is 0 Å². The van der Waals surface area contributed by atoms with E-state index in [2.05, 4.69) is 48.5 Å². The minimum absolute atomic E-state index is 0.470. The summed E-state index contributed by atoms with van der Waals surface area (Å²) in [5.74, 6) is 0. The van der Waals surface area contributed by atoms with Crippen LogP contribution >= 0.6 is 0 Å². The van der Waals surface area contributed by atoms with Crippen molar-refractivity contribution in [2.24, 2.45) is 0 Å². The van der Waals surface area contributed by atoms with E-state index in [1.807, 2.05) is 0 Å². The zero-order valence-electron chi connectivity index (χ0n) is 10.4. The molecular formula is C14H22N2. The molecule has 1 saturated heterocycles. The van der Waals surface area contributed by atoms with Crippen molar-refractivity contribution >= 4 is 0 Å². The Morgan fingerprint density at radius 3 is 2.69 bits per heavy atom. The van der Waals surface area contributed by atoms with Crippen molar-refractivity contribution in [2.75, 3.05) is 26.7 Å². The molecule has 0 aromatic heterocycles. The summed E-state index contributed by atoms with van der Waals surface area (Å²) in [6.07, 6.45) is 2.73. The third-order valence-electron chi connectivity index (χ3n) is 3.43. The van der Waals surface area contributed by atoms with Crippen LogP contribution in [0.1, 0.15) is 30.0 Å². The van der Waals surface area contributed by atoms with Crippen LogP contribution in [0.15, 0.2) is 24.3 Å². The van der Waals surface area contributed by atoms with Crippen molar-refractivity contribution < 1.29 is 0 Å². The Morgan fingerprint density at radius 2 is 2.06 bits per heavy atom. The molecule has 2 rings (SSSR count). The molecule has 1 aliphatic rings. The number of likely N-dealkylation sites (N-methyl/N-ethyl adjacent to an activating group) is 1. The predicted molar refractivity (Wildman–Crippen MR) is 68.7 cm³/mol. The summed E-state index contributed by atoms with van der Waals surface area (Å²) in [5.41, 5.74) is 2.76. The normalized spacial score (nSPS) is 18.9. The van der Waals surface area contributed by atoms with Gasteiger partial charge in [0.2, 0.25) is 0 Å². The van der Waals surface area contributed by atoms with Crippen LogP contribution < -0.4 is 5.32 Å². The number of hydrogen-bond acceptors (Lipinski definition) is 2. The van der Waals surface area contributed by atoms with Gasteiger partial charge < -0.3 is 10.2 Å². The average Bonchev–Trinajstić information content (AvgIpc) is 2.78. The minimum atomic E-state index is 0.470. The third-order valence-corrected chi connectivity index (χ3v) is 3.43. The van der Waals surface area contributed by atoms with E-state index >= 15 is 0 Å². The molecule has 0 saturated carbocycles. The van der Waals surface area contributed by atoms with Gasteiger partial charge in [-0.3, -0.25) is 0 Å². The summed E-state index contributed by atoms with van der Waals surface area (Å²) in [6.45, 7) is 5.83. The first-order valence-corrected chi connectivity index (χ1v) is 6.26. The van der Waals surface area contributed by atoms with Crippen molar-refractivity contribution in [3.05, 3.63) is 35.4 Å². The van der Waals surface area contributed by atoms with Crippen LogP contribution in [0.5, 0.6) is 0 Å². The number of hydrogen-bond donors (Lipinski definition) is 1. The number of likely N-dealkylation sites (tertiary alicyclic amines) is 1. The molecule has 88 valence electrons. The Balaban J connectivity index is 2.03. The molecule has 0 amide bonds. The Morgan fingerprint density at radius 1 is 1.31 bits per heavy atom. The highest BCUT2D eigenvalue weighted by Gasteiger charge is 2.17. The fourth-order valence-electron chi connectivity index (χ4n) is 2.47. The standard InChI is InChI=1S/C14H22N2/c1-12-6-5-7-13(10-12)14(15-2)11-16-8-3-4-9-16/h5-7,10,14-15H,3-4,8-9,11H2,1-2H3. The van der Waals surface area contributed by atoms with E-state index in [0.29, 0.717) is 6.04 Å². The summed E-state index contributed by atoms with van der Waals surface area (Å²) in [7, 11) is 2.06. The van der Waals surface area contributed by atoms with Crippen LogP contribution in [0.3, 0.4) is 0 Å². The van der Waals surface area contributed by atoms with Gasteiger partial charge in [0.25, 0.3) is 0 Å². The van der Waals surface area contributed by atoms with E-state index in [-0.39, 0.29) is 0 Å². The minimum Gasteiger partial charge on any atom is -0.312 e. The lowest BCUT2D eigenvalue weighted by Crippen LogP contribution is -2.31. The largest absolute Gasteiger partial charge is 0.312 e. The Labute approximate surface area is 98.7 Å². The molecule has 1 aromatic carbocycles. The van der Waals surface area contributed by atoms with E-state index in [1.165, 1.54) is 37.1 Å². The van der Waals surface area contributed by atoms with E-state index in [0.717, 1.165) is 6.54 Å². The molecule has 0 radical (unpaired) electrons. The average molecular weight is 218 g/mol. The van der Waals surface area contributed by atoms with E-state index < -0.39 is 0 Å². The number of nitrogens with one attached hydrogen (secondary N) is 1. The first-order valence-electron chi connectivity index (χ1n) is 6.26. The first kappa shape index (κ1) is 11.6. The van der Waals surface area contributed by atoms with Gasteiger partial charge in [-0.1, -0.05) is 29.8 Å². The molecule has 1 atom stereocenters. The molecule has 1 fully saturated rings. The van der Waals surface area contributed by atoms with Crippen molar-refractivity contribution in [2.45, 2.75) is 25.8 Å². The van der Waals surface area contributed by atoms with Gasteiger partial charge in [0, 0.05) is 12.6 Å². The third kappa shape index (κ3) is 2.83. The monoisotopic (exact) mass is 218 g/mol. The second-order valence-electron chi connectivity index (χ2n) is 4.76. The molecule has 2 nitrogen and oxygen atoms in total. The Bertz CT molecular complexity index is 329. The SMILES string of the molecule is CNC(CN1CCCC1)c1cccc(C)c1. The Kier molecular flexibility index (Phi) is 3.97. The van der Waals surface area contributed by atoms with Crippen LogP contribution in [0, 0.1) is 6.92 Å². The molecule has 1 N–H and O–H groups in total. The van der Waals surface area contributed by atoms with Gasteiger partial charge in [-0.2, -0.15) is 0 Å². The topological polar surface area (TPSA) is 15.3 Å². The fourth-order valence-corrected chi connectivity index (χ4v) is 2.47. The van der Waals surface area contributed by atoms with Crippen LogP contribution in [-0.2, 0) is 0 Å². The maximum atomic E-state index is 3.43. The number of benzene rings is 1. The molecule has 16 heavy (non-hydrogen) atoms. The highest BCUT2D eigenvalue weighted by atomic mass is 15.2. The highest BCUT2D eigenvalue weighted by molar-refractivity contribution is 5.25. The molecule has 1 aromatic rings. The smallest absolute Gasteiger partial charge is 0.0446 e. The fraction of sp³-hybridized carbons (Fsp3) is 0.571. The molecular weight excluding hydrogens is 196 g/mol. The molecule has 2 heteroatoms. The van der Waals surface area contributed by atoms with E-state index in [4.69, 9.17) is 0 Å². The van der Waals surface area contributed by atoms with Gasteiger partial charge in [0.1, 0.15) is 0 Å². The summed E-state index contributed by atoms with van der Waals surface area (Å²) in [6, 6.07) is 9.30. The summed E-state index contributed by atoms with van der Waals surface area (Å²) < 4.78 is 0. The molecule has 0 spiro atoms. The van der Waals surface area contributed by atoms with Crippen LogP contribution in [0.25, 0.3) is 0 Å². The zero-order valence-corrected chi connectivity index (χ0v) is 10.4. The lowest BCUT2D eigenvalue weighted by Gasteiger charge is -2.23. The van der Waals surface area contributed by atoms with Gasteiger partial charge in [-0.05, 0) is 45.5 Å². The van der Waals surface area contributed by atoms with Crippen molar-refractivity contribution in [3.63, 3.8) is 0 Å². The number of rotatable bonds is 4. The van der Waals surface area contributed by atoms with Crippen molar-refractivity contribution in [1.29, 1.82) is 0 Å². The van der Waals surface area contributed by atoms with Crippen molar-refractivity contribution in [1.82, 2.24) is 10.2 Å². The van der Waals surface area contributed by atoms with Crippen LogP contribution in [0.2, 0.25) is 0 Å². The number of nitrogens with zero attached hydrogens (tertiary/aromatic N) is 1. The summed E-state index contributed by atoms with van der Waals surface area (Å²) in [4.78, 5) is 2.56. The lowest BCUT2D eigenvalue weighted by atomic mass is 10.0. The maximum absolute atomic E-state index is 3.43. The van der Waals surface area contributed by atoms with E-state index in [9.17, 15) is 0 Å². The summed E-state index contributed by atoms with van der Waals surface area (Å²) >= 11 is 0. The van der Waals surface area contributed by atoms with Gasteiger partial charge in [0.05, 0.1) is 0 Å². The van der Waals surface area contributed by atoms with Gasteiger partial charge in [-0.25, -0.2) is 0 Å². The predicted octanol–water partition coefficient (Wildman–Crippen LogP) is 2.35. The molecule has 1 unspecified atom stereocenters. The second kappa shape index (κ2) is 5.46. The van der Waals surface area contributed by atoms with Gasteiger partial charge >= 0.3 is 0 Å². The molecule has 0 aliphatic carbocycles. The van der Waals surface area contributed by atoms with Gasteiger partial charge in [-0.15, -0.1) is 0 Å². The molecule has 1 heterocycles. The quantitative estimate of drug-likeness (QED) is 0.834. The molecule has 1 aliphatic heterocycles. The zero-order chi connectivity index (χ0) is 11.4. The second-order valence-corrected chi connectivity index (χ2v) is 4.76. The Hall–Kier alpha value is -0.860. The maximum Gasteiger partial charge on any atom is 0.0446 e. The van der Waals surface area contributed by atoms with Crippen LogP contribution in [0.4, 0.5) is 0 Å². The molecule has 0 bridgehead atoms.